The number of nitrogens with zero attached hydrogens (tertiary/aromatic N) is 1. The van der Waals surface area contributed by atoms with Crippen LogP contribution < -0.4 is 5.32 Å². The molecule has 0 saturated heterocycles. The highest BCUT2D eigenvalue weighted by Gasteiger charge is 2.53. The smallest absolute Gasteiger partial charge is 0.412 e. The van der Waals surface area contributed by atoms with Gasteiger partial charge in [0, 0.05) is 17.8 Å². The van der Waals surface area contributed by atoms with Crippen molar-refractivity contribution in [3.8, 4) is 0 Å². The number of benzene rings is 1. The molecule has 0 radical (unpaired) electrons. The highest BCUT2D eigenvalue weighted by atomic mass is 16.6. The van der Waals surface area contributed by atoms with Crippen molar-refractivity contribution in [3.63, 3.8) is 0 Å². The lowest BCUT2D eigenvalue weighted by Gasteiger charge is -2.55. The molecule has 122 valence electrons. The lowest BCUT2D eigenvalue weighted by Crippen LogP contribution is -2.53. The van der Waals surface area contributed by atoms with E-state index < -0.39 is 11.0 Å². The van der Waals surface area contributed by atoms with Crippen molar-refractivity contribution in [1.29, 1.82) is 0 Å². The van der Waals surface area contributed by atoms with Gasteiger partial charge in [-0.05, 0) is 68.4 Å². The van der Waals surface area contributed by atoms with E-state index in [1.165, 1.54) is 43.5 Å². The van der Waals surface area contributed by atoms with Crippen LogP contribution in [0.1, 0.15) is 38.5 Å². The van der Waals surface area contributed by atoms with Crippen LogP contribution in [0.15, 0.2) is 24.3 Å². The first-order valence-corrected chi connectivity index (χ1v) is 8.26. The van der Waals surface area contributed by atoms with E-state index >= 15 is 0 Å². The Kier molecular flexibility index (Phi) is 3.28. The minimum Gasteiger partial charge on any atom is -0.443 e. The number of hydrogen-bond acceptors (Lipinski definition) is 4. The Hall–Kier alpha value is -2.11. The van der Waals surface area contributed by atoms with Crippen molar-refractivity contribution < 1.29 is 14.5 Å². The van der Waals surface area contributed by atoms with Crippen molar-refractivity contribution in [1.82, 2.24) is 0 Å². The van der Waals surface area contributed by atoms with Gasteiger partial charge in [0.05, 0.1) is 4.92 Å². The third-order valence-electron chi connectivity index (χ3n) is 5.62. The van der Waals surface area contributed by atoms with Crippen molar-refractivity contribution >= 4 is 17.5 Å². The number of rotatable bonds is 3. The zero-order valence-corrected chi connectivity index (χ0v) is 12.9. The second kappa shape index (κ2) is 5.22. The molecule has 23 heavy (non-hydrogen) atoms. The summed E-state index contributed by atoms with van der Waals surface area (Å²) in [4.78, 5) is 22.4. The lowest BCUT2D eigenvalue weighted by atomic mass is 9.54. The SMILES string of the molecule is O=C(Nc1ccc([N+](=O)[O-])cc1)OC12CC3CC(CC(C3)C1)C2. The topological polar surface area (TPSA) is 81.5 Å². The quantitative estimate of drug-likeness (QED) is 0.672. The summed E-state index contributed by atoms with van der Waals surface area (Å²) in [6.45, 7) is 0. The maximum absolute atomic E-state index is 12.2. The highest BCUT2D eigenvalue weighted by Crippen LogP contribution is 2.57. The fourth-order valence-corrected chi connectivity index (χ4v) is 5.16. The summed E-state index contributed by atoms with van der Waals surface area (Å²) in [5.74, 6) is 2.15. The van der Waals surface area contributed by atoms with E-state index in [0.29, 0.717) is 23.4 Å². The van der Waals surface area contributed by atoms with Gasteiger partial charge in [-0.1, -0.05) is 0 Å². The van der Waals surface area contributed by atoms with Crippen LogP contribution in [0.25, 0.3) is 0 Å². The Morgan fingerprint density at radius 2 is 1.61 bits per heavy atom. The number of amides is 1. The summed E-state index contributed by atoms with van der Waals surface area (Å²) in [7, 11) is 0. The summed E-state index contributed by atoms with van der Waals surface area (Å²) in [5, 5.41) is 13.3. The Morgan fingerprint density at radius 3 is 2.09 bits per heavy atom. The van der Waals surface area contributed by atoms with Gasteiger partial charge < -0.3 is 4.74 Å². The molecule has 6 nitrogen and oxygen atoms in total. The van der Waals surface area contributed by atoms with E-state index in [1.807, 2.05) is 0 Å². The van der Waals surface area contributed by atoms with Gasteiger partial charge in [-0.2, -0.15) is 0 Å². The predicted molar refractivity (Wildman–Crippen MR) is 84.1 cm³/mol. The van der Waals surface area contributed by atoms with Gasteiger partial charge in [0.25, 0.3) is 5.69 Å². The first-order valence-electron chi connectivity index (χ1n) is 8.26. The monoisotopic (exact) mass is 316 g/mol. The molecule has 0 heterocycles. The number of non-ortho nitro benzene ring substituents is 1. The summed E-state index contributed by atoms with van der Waals surface area (Å²) in [6.07, 6.45) is 6.43. The molecule has 4 aliphatic carbocycles. The molecule has 4 fully saturated rings. The second-order valence-electron chi connectivity index (χ2n) is 7.42. The summed E-state index contributed by atoms with van der Waals surface area (Å²) < 4.78 is 5.85. The van der Waals surface area contributed by atoms with Crippen LogP contribution in [0.4, 0.5) is 16.2 Å². The van der Waals surface area contributed by atoms with E-state index in [1.54, 1.807) is 0 Å². The molecule has 0 unspecified atom stereocenters. The number of anilines is 1. The molecular weight excluding hydrogens is 296 g/mol. The zero-order valence-electron chi connectivity index (χ0n) is 12.9. The number of nitro benzene ring substituents is 1. The third kappa shape index (κ3) is 2.78. The Bertz CT molecular complexity index is 605. The maximum atomic E-state index is 12.2. The van der Waals surface area contributed by atoms with Gasteiger partial charge >= 0.3 is 6.09 Å². The van der Waals surface area contributed by atoms with Crippen LogP contribution >= 0.6 is 0 Å². The number of carbonyl (C=O) groups excluding carboxylic acids is 1. The van der Waals surface area contributed by atoms with Gasteiger partial charge in [0.2, 0.25) is 0 Å². The van der Waals surface area contributed by atoms with Gasteiger partial charge in [0.1, 0.15) is 5.60 Å². The molecule has 0 atom stereocenters. The molecule has 0 spiro atoms. The summed E-state index contributed by atoms with van der Waals surface area (Å²) in [5.41, 5.74) is 0.245. The van der Waals surface area contributed by atoms with Crippen LogP contribution in [0, 0.1) is 27.9 Å². The average Bonchev–Trinajstić information content (AvgIpc) is 2.45. The van der Waals surface area contributed by atoms with Crippen LogP contribution in [0.5, 0.6) is 0 Å². The molecule has 1 N–H and O–H groups in total. The fourth-order valence-electron chi connectivity index (χ4n) is 5.16. The van der Waals surface area contributed by atoms with E-state index in [0.717, 1.165) is 19.3 Å². The fraction of sp³-hybridized carbons (Fsp3) is 0.588. The van der Waals surface area contributed by atoms with Crippen LogP contribution in [-0.2, 0) is 4.74 Å². The number of hydrogen-bond donors (Lipinski definition) is 1. The van der Waals surface area contributed by atoms with Gasteiger partial charge in [-0.25, -0.2) is 4.79 Å². The molecule has 4 aliphatic rings. The number of carbonyl (C=O) groups is 1. The summed E-state index contributed by atoms with van der Waals surface area (Å²) in [6, 6.07) is 5.80. The average molecular weight is 316 g/mol. The molecule has 6 heteroatoms. The molecule has 4 bridgehead atoms. The van der Waals surface area contributed by atoms with E-state index in [2.05, 4.69) is 5.32 Å². The third-order valence-corrected chi connectivity index (χ3v) is 5.62. The zero-order chi connectivity index (χ0) is 16.0. The number of ether oxygens (including phenoxy) is 1. The standard InChI is InChI=1S/C17H20N2O4/c20-16(18-14-1-3-15(4-2-14)19(21)22)23-17-8-11-5-12(9-17)7-13(6-11)10-17/h1-4,11-13H,5-10H2,(H,18,20). The Balaban J connectivity index is 1.41. The minimum atomic E-state index is -0.461. The molecule has 1 aromatic carbocycles. The van der Waals surface area contributed by atoms with E-state index in [-0.39, 0.29) is 11.3 Å². The largest absolute Gasteiger partial charge is 0.443 e. The number of nitrogens with one attached hydrogen (secondary N) is 1. The molecule has 0 aliphatic heterocycles. The van der Waals surface area contributed by atoms with Crippen molar-refractivity contribution in [2.24, 2.45) is 17.8 Å². The Labute approximate surface area is 134 Å². The van der Waals surface area contributed by atoms with Gasteiger partial charge in [0.15, 0.2) is 0 Å². The number of nitro groups is 1. The Morgan fingerprint density at radius 1 is 1.09 bits per heavy atom. The second-order valence-corrected chi connectivity index (χ2v) is 7.42. The van der Waals surface area contributed by atoms with Gasteiger partial charge in [-0.15, -0.1) is 0 Å². The van der Waals surface area contributed by atoms with Crippen LogP contribution in [0.3, 0.4) is 0 Å². The van der Waals surface area contributed by atoms with E-state index in [9.17, 15) is 14.9 Å². The van der Waals surface area contributed by atoms with E-state index in [4.69, 9.17) is 4.74 Å². The molecular formula is C17H20N2O4. The highest BCUT2D eigenvalue weighted by molar-refractivity contribution is 5.85. The van der Waals surface area contributed by atoms with Crippen molar-refractivity contribution in [2.75, 3.05) is 5.32 Å². The van der Waals surface area contributed by atoms with Crippen molar-refractivity contribution in [2.45, 2.75) is 44.1 Å². The minimum absolute atomic E-state index is 0.00463. The van der Waals surface area contributed by atoms with Crippen LogP contribution in [0.2, 0.25) is 0 Å². The molecule has 5 rings (SSSR count). The summed E-state index contributed by atoms with van der Waals surface area (Å²) >= 11 is 0. The first-order chi connectivity index (χ1) is 11.0. The maximum Gasteiger partial charge on any atom is 0.412 e. The first kappa shape index (κ1) is 14.5. The normalized spacial score (nSPS) is 34.2. The van der Waals surface area contributed by atoms with Gasteiger partial charge in [-0.3, -0.25) is 15.4 Å². The lowest BCUT2D eigenvalue weighted by molar-refractivity contribution is -0.384. The molecule has 1 amide bonds. The van der Waals surface area contributed by atoms with Crippen LogP contribution in [-0.4, -0.2) is 16.6 Å². The predicted octanol–water partition coefficient (Wildman–Crippen LogP) is 4.11. The molecule has 1 aromatic rings. The molecule has 0 aromatic heterocycles. The molecule has 4 saturated carbocycles. The van der Waals surface area contributed by atoms with Crippen molar-refractivity contribution in [3.05, 3.63) is 34.4 Å².